The highest BCUT2D eigenvalue weighted by molar-refractivity contribution is 7.99. The number of fused-ring (bicyclic) bond motifs is 2. The van der Waals surface area contributed by atoms with Crippen LogP contribution in [0.4, 0.5) is 5.69 Å². The Bertz CT molecular complexity index is 1560. The fraction of sp³-hybridized carbons (Fsp3) is 0.0400. The summed E-state index contributed by atoms with van der Waals surface area (Å²) < 4.78 is 1.46. The minimum absolute atomic E-state index is 0.0614. The number of amides is 1. The molecule has 0 aliphatic heterocycles. The summed E-state index contributed by atoms with van der Waals surface area (Å²) in [4.78, 5) is 35.1. The first-order chi connectivity index (χ1) is 16.1. The van der Waals surface area contributed by atoms with Crippen molar-refractivity contribution in [3.05, 3.63) is 100 Å². The molecule has 0 fully saturated rings. The van der Waals surface area contributed by atoms with Crippen molar-refractivity contribution in [2.24, 2.45) is 0 Å². The molecule has 0 saturated carbocycles. The molecular formula is C25H17ClN4O2S. The Balaban J connectivity index is 1.48. The molecule has 0 saturated heterocycles. The van der Waals surface area contributed by atoms with Crippen LogP contribution in [0.15, 0.2) is 95.0 Å². The number of hydrogen-bond donors (Lipinski definition) is 1. The zero-order valence-corrected chi connectivity index (χ0v) is 18.8. The van der Waals surface area contributed by atoms with Gasteiger partial charge in [0, 0.05) is 11.6 Å². The third-order valence-corrected chi connectivity index (χ3v) is 6.35. The lowest BCUT2D eigenvalue weighted by molar-refractivity contribution is -0.113. The number of anilines is 1. The summed E-state index contributed by atoms with van der Waals surface area (Å²) in [6.45, 7) is 0. The maximum atomic E-state index is 13.3. The molecule has 5 rings (SSSR count). The van der Waals surface area contributed by atoms with Crippen molar-refractivity contribution in [3.63, 3.8) is 0 Å². The molecule has 0 atom stereocenters. The normalized spacial score (nSPS) is 11.1. The number of aromatic nitrogens is 3. The van der Waals surface area contributed by atoms with E-state index in [0.717, 1.165) is 10.9 Å². The Morgan fingerprint density at radius 1 is 0.909 bits per heavy atom. The van der Waals surface area contributed by atoms with E-state index in [4.69, 9.17) is 11.6 Å². The van der Waals surface area contributed by atoms with Gasteiger partial charge in [0.2, 0.25) is 5.91 Å². The third-order valence-electron chi connectivity index (χ3n) is 5.09. The summed E-state index contributed by atoms with van der Waals surface area (Å²) in [5.74, 6) is -0.157. The first-order valence-corrected chi connectivity index (χ1v) is 11.5. The van der Waals surface area contributed by atoms with Gasteiger partial charge in [0.1, 0.15) is 0 Å². The predicted octanol–water partition coefficient (Wildman–Crippen LogP) is 5.32. The molecule has 0 aliphatic rings. The maximum absolute atomic E-state index is 13.3. The Kier molecular flexibility index (Phi) is 5.81. The van der Waals surface area contributed by atoms with Crippen LogP contribution >= 0.6 is 23.4 Å². The number of para-hydroxylation sites is 2. The molecule has 33 heavy (non-hydrogen) atoms. The van der Waals surface area contributed by atoms with E-state index in [9.17, 15) is 9.59 Å². The van der Waals surface area contributed by atoms with E-state index in [1.807, 2.05) is 36.4 Å². The highest BCUT2D eigenvalue weighted by atomic mass is 35.5. The average Bonchev–Trinajstić information content (AvgIpc) is 2.84. The molecule has 2 aromatic heterocycles. The molecular weight excluding hydrogens is 456 g/mol. The van der Waals surface area contributed by atoms with Crippen LogP contribution in [0, 0.1) is 0 Å². The largest absolute Gasteiger partial charge is 0.325 e. The van der Waals surface area contributed by atoms with Gasteiger partial charge in [0.25, 0.3) is 5.56 Å². The smallest absolute Gasteiger partial charge is 0.266 e. The van der Waals surface area contributed by atoms with Gasteiger partial charge in [-0.3, -0.25) is 19.1 Å². The van der Waals surface area contributed by atoms with E-state index in [1.54, 1.807) is 48.7 Å². The SMILES string of the molecule is O=C(CSc1nc2ccccc2c(=O)n1-c1ccccc1Cl)Nc1cccc2ncccc12. The van der Waals surface area contributed by atoms with E-state index < -0.39 is 0 Å². The van der Waals surface area contributed by atoms with E-state index in [-0.39, 0.29) is 17.2 Å². The number of nitrogens with one attached hydrogen (secondary N) is 1. The summed E-state index contributed by atoms with van der Waals surface area (Å²) >= 11 is 7.58. The molecule has 1 amide bonds. The van der Waals surface area contributed by atoms with Crippen LogP contribution in [-0.2, 0) is 4.79 Å². The monoisotopic (exact) mass is 472 g/mol. The number of carbonyl (C=O) groups is 1. The Morgan fingerprint density at radius 2 is 1.67 bits per heavy atom. The number of thioether (sulfide) groups is 1. The average molecular weight is 473 g/mol. The van der Waals surface area contributed by atoms with Crippen LogP contribution in [0.5, 0.6) is 0 Å². The molecule has 0 unspecified atom stereocenters. The number of hydrogen-bond acceptors (Lipinski definition) is 5. The maximum Gasteiger partial charge on any atom is 0.266 e. The molecule has 5 aromatic rings. The molecule has 0 radical (unpaired) electrons. The Morgan fingerprint density at radius 3 is 2.55 bits per heavy atom. The molecule has 0 aliphatic carbocycles. The predicted molar refractivity (Wildman–Crippen MR) is 133 cm³/mol. The van der Waals surface area contributed by atoms with Crippen molar-refractivity contribution in [2.45, 2.75) is 5.16 Å². The summed E-state index contributed by atoms with van der Waals surface area (Å²) in [5, 5.41) is 5.09. The van der Waals surface area contributed by atoms with Crippen molar-refractivity contribution in [3.8, 4) is 5.69 Å². The zero-order chi connectivity index (χ0) is 22.8. The molecule has 162 valence electrons. The second-order valence-electron chi connectivity index (χ2n) is 7.22. The van der Waals surface area contributed by atoms with Crippen LogP contribution in [0.25, 0.3) is 27.5 Å². The molecule has 2 heterocycles. The molecule has 0 spiro atoms. The van der Waals surface area contributed by atoms with Gasteiger partial charge in [-0.1, -0.05) is 53.7 Å². The molecule has 1 N–H and O–H groups in total. The number of halogens is 1. The lowest BCUT2D eigenvalue weighted by atomic mass is 10.2. The standard InChI is InChI=1S/C25H17ClN4O2S/c26-18-9-2-4-13-22(18)30-24(32)17-7-1-3-10-21(17)29-25(30)33-15-23(31)28-20-12-5-11-19-16(20)8-6-14-27-19/h1-14H,15H2,(H,28,31). The summed E-state index contributed by atoms with van der Waals surface area (Å²) in [5.41, 5.74) is 2.32. The zero-order valence-electron chi connectivity index (χ0n) is 17.2. The van der Waals surface area contributed by atoms with Gasteiger partial charge in [-0.2, -0.15) is 0 Å². The number of nitrogens with zero attached hydrogens (tertiary/aromatic N) is 3. The summed E-state index contributed by atoms with van der Waals surface area (Å²) in [7, 11) is 0. The quantitative estimate of drug-likeness (QED) is 0.277. The van der Waals surface area contributed by atoms with E-state index >= 15 is 0 Å². The second kappa shape index (κ2) is 9.05. The van der Waals surface area contributed by atoms with Crippen molar-refractivity contribution in [2.75, 3.05) is 11.1 Å². The van der Waals surface area contributed by atoms with Gasteiger partial charge < -0.3 is 5.32 Å². The van der Waals surface area contributed by atoms with Gasteiger partial charge >= 0.3 is 0 Å². The second-order valence-corrected chi connectivity index (χ2v) is 8.57. The van der Waals surface area contributed by atoms with Crippen LogP contribution in [0.3, 0.4) is 0 Å². The topological polar surface area (TPSA) is 76.9 Å². The van der Waals surface area contributed by atoms with Crippen LogP contribution in [0.2, 0.25) is 5.02 Å². The van der Waals surface area contributed by atoms with Crippen LogP contribution in [-0.4, -0.2) is 26.2 Å². The number of rotatable bonds is 5. The Hall–Kier alpha value is -3.68. The summed E-state index contributed by atoms with van der Waals surface area (Å²) in [6.07, 6.45) is 1.71. The molecule has 8 heteroatoms. The van der Waals surface area contributed by atoms with Gasteiger partial charge in [-0.05, 0) is 48.5 Å². The van der Waals surface area contributed by atoms with Crippen molar-refractivity contribution >= 4 is 56.8 Å². The number of carbonyl (C=O) groups excluding carboxylic acids is 1. The highest BCUT2D eigenvalue weighted by Gasteiger charge is 2.17. The van der Waals surface area contributed by atoms with Crippen molar-refractivity contribution in [1.29, 1.82) is 0 Å². The third kappa shape index (κ3) is 4.20. The molecule has 0 bridgehead atoms. The van der Waals surface area contributed by atoms with Gasteiger partial charge in [-0.25, -0.2) is 4.98 Å². The molecule has 6 nitrogen and oxygen atoms in total. The van der Waals surface area contributed by atoms with Gasteiger partial charge in [0.05, 0.1) is 38.6 Å². The van der Waals surface area contributed by atoms with Crippen molar-refractivity contribution < 1.29 is 4.79 Å². The van der Waals surface area contributed by atoms with E-state index in [0.29, 0.717) is 32.5 Å². The summed E-state index contributed by atoms with van der Waals surface area (Å²) in [6, 6.07) is 23.5. The first-order valence-electron chi connectivity index (χ1n) is 10.1. The lowest BCUT2D eigenvalue weighted by Crippen LogP contribution is -2.23. The van der Waals surface area contributed by atoms with E-state index in [2.05, 4.69) is 15.3 Å². The molecule has 3 aromatic carbocycles. The fourth-order valence-corrected chi connectivity index (χ4v) is 4.61. The Labute approximate surface area is 198 Å². The number of pyridine rings is 1. The first kappa shape index (κ1) is 21.2. The van der Waals surface area contributed by atoms with E-state index in [1.165, 1.54) is 16.3 Å². The lowest BCUT2D eigenvalue weighted by Gasteiger charge is -2.14. The minimum Gasteiger partial charge on any atom is -0.325 e. The van der Waals surface area contributed by atoms with Gasteiger partial charge in [0.15, 0.2) is 5.16 Å². The van der Waals surface area contributed by atoms with Crippen molar-refractivity contribution in [1.82, 2.24) is 14.5 Å². The number of benzene rings is 3. The highest BCUT2D eigenvalue weighted by Crippen LogP contribution is 2.26. The van der Waals surface area contributed by atoms with Crippen LogP contribution in [0.1, 0.15) is 0 Å². The van der Waals surface area contributed by atoms with Gasteiger partial charge in [-0.15, -0.1) is 0 Å². The van der Waals surface area contributed by atoms with Crippen LogP contribution < -0.4 is 10.9 Å². The fourth-order valence-electron chi connectivity index (χ4n) is 3.58. The minimum atomic E-state index is -0.239.